The molecule has 2 N–H and O–H groups in total. The number of nitrogens with two attached hydrogens (primary N) is 1. The molecule has 0 spiro atoms. The minimum Gasteiger partial charge on any atom is -0.324 e. The summed E-state index contributed by atoms with van der Waals surface area (Å²) in [6.45, 7) is 3.99. The highest BCUT2D eigenvalue weighted by molar-refractivity contribution is 5.22. The zero-order valence-electron chi connectivity index (χ0n) is 12.8. The molecule has 1 saturated carbocycles. The summed E-state index contributed by atoms with van der Waals surface area (Å²) in [6, 6.07) is 4.42. The third kappa shape index (κ3) is 4.24. The molecule has 21 heavy (non-hydrogen) atoms. The lowest BCUT2D eigenvalue weighted by Crippen LogP contribution is -2.38. The van der Waals surface area contributed by atoms with Gasteiger partial charge in [-0.25, -0.2) is 8.78 Å². The lowest BCUT2D eigenvalue weighted by molar-refractivity contribution is 0.158. The van der Waals surface area contributed by atoms with Crippen molar-refractivity contribution in [2.75, 3.05) is 13.1 Å². The molecule has 1 aromatic rings. The van der Waals surface area contributed by atoms with Gasteiger partial charge in [0.2, 0.25) is 0 Å². The Labute approximate surface area is 126 Å². The van der Waals surface area contributed by atoms with E-state index in [9.17, 15) is 8.78 Å². The van der Waals surface area contributed by atoms with Crippen molar-refractivity contribution in [3.8, 4) is 0 Å². The molecular formula is C17H26F2N2. The fourth-order valence-electron chi connectivity index (χ4n) is 3.31. The number of rotatable bonds is 6. The maximum Gasteiger partial charge on any atom is 0.163 e. The summed E-state index contributed by atoms with van der Waals surface area (Å²) in [6.07, 6.45) is 7.08. The van der Waals surface area contributed by atoms with E-state index in [1.807, 2.05) is 0 Å². The Morgan fingerprint density at radius 2 is 1.95 bits per heavy atom. The van der Waals surface area contributed by atoms with Gasteiger partial charge in [-0.3, -0.25) is 0 Å². The molecule has 1 aromatic carbocycles. The molecule has 1 atom stereocenters. The van der Waals surface area contributed by atoms with Crippen LogP contribution in [-0.2, 0) is 0 Å². The average Bonchev–Trinajstić information content (AvgIpc) is 2.51. The fourth-order valence-corrected chi connectivity index (χ4v) is 3.31. The summed E-state index contributed by atoms with van der Waals surface area (Å²) in [5.74, 6) is -1.62. The lowest BCUT2D eigenvalue weighted by atomic mass is 9.93. The standard InChI is InChI=1S/C17H26F2N2/c1-2-21(13-7-4-3-5-8-13)12-11-16(20)14-9-6-10-15(18)17(14)19/h6,9-10,13,16H,2-5,7-8,11-12,20H2,1H3. The Morgan fingerprint density at radius 3 is 2.62 bits per heavy atom. The summed E-state index contributed by atoms with van der Waals surface area (Å²) in [4.78, 5) is 2.44. The maximum atomic E-state index is 13.7. The first-order valence-electron chi connectivity index (χ1n) is 8.07. The predicted octanol–water partition coefficient (Wildman–Crippen LogP) is 4.01. The van der Waals surface area contributed by atoms with E-state index in [-0.39, 0.29) is 5.56 Å². The van der Waals surface area contributed by atoms with Crippen LogP contribution in [0.4, 0.5) is 8.78 Å². The van der Waals surface area contributed by atoms with E-state index < -0.39 is 17.7 Å². The Bertz CT molecular complexity index is 444. The number of hydrogen-bond acceptors (Lipinski definition) is 2. The van der Waals surface area contributed by atoms with Gasteiger partial charge >= 0.3 is 0 Å². The normalized spacial score (nSPS) is 18.1. The molecule has 0 aromatic heterocycles. The van der Waals surface area contributed by atoms with Crippen molar-refractivity contribution in [2.24, 2.45) is 5.73 Å². The van der Waals surface area contributed by atoms with Crippen LogP contribution in [0, 0.1) is 11.6 Å². The first-order valence-corrected chi connectivity index (χ1v) is 8.07. The molecule has 2 nitrogen and oxygen atoms in total. The van der Waals surface area contributed by atoms with Crippen LogP contribution in [0.2, 0.25) is 0 Å². The molecular weight excluding hydrogens is 270 g/mol. The van der Waals surface area contributed by atoms with Crippen LogP contribution in [0.15, 0.2) is 18.2 Å². The van der Waals surface area contributed by atoms with Crippen molar-refractivity contribution in [2.45, 2.75) is 57.5 Å². The molecule has 118 valence electrons. The summed E-state index contributed by atoms with van der Waals surface area (Å²) in [5.41, 5.74) is 6.35. The molecule has 0 heterocycles. The molecule has 0 amide bonds. The quantitative estimate of drug-likeness (QED) is 0.859. The number of hydrogen-bond donors (Lipinski definition) is 1. The second kappa shape index (κ2) is 7.85. The molecule has 1 unspecified atom stereocenters. The van der Waals surface area contributed by atoms with Crippen molar-refractivity contribution < 1.29 is 8.78 Å². The summed E-state index contributed by atoms with van der Waals surface area (Å²) < 4.78 is 27.0. The Kier molecular flexibility index (Phi) is 6.12. The Balaban J connectivity index is 1.92. The minimum absolute atomic E-state index is 0.287. The van der Waals surface area contributed by atoms with Gasteiger partial charge in [0, 0.05) is 24.2 Å². The maximum absolute atomic E-state index is 13.7. The van der Waals surface area contributed by atoms with E-state index in [1.54, 1.807) is 6.07 Å². The van der Waals surface area contributed by atoms with Crippen LogP contribution in [-0.4, -0.2) is 24.0 Å². The third-order valence-electron chi connectivity index (χ3n) is 4.61. The van der Waals surface area contributed by atoms with Gasteiger partial charge < -0.3 is 10.6 Å². The molecule has 0 radical (unpaired) electrons. The fraction of sp³-hybridized carbons (Fsp3) is 0.647. The van der Waals surface area contributed by atoms with Crippen LogP contribution in [0.25, 0.3) is 0 Å². The van der Waals surface area contributed by atoms with Gasteiger partial charge in [-0.1, -0.05) is 38.3 Å². The highest BCUT2D eigenvalue weighted by atomic mass is 19.2. The molecule has 4 heteroatoms. The second-order valence-electron chi connectivity index (χ2n) is 5.96. The van der Waals surface area contributed by atoms with Gasteiger partial charge in [0.1, 0.15) is 0 Å². The molecule has 1 fully saturated rings. The topological polar surface area (TPSA) is 29.3 Å². The zero-order chi connectivity index (χ0) is 15.2. The van der Waals surface area contributed by atoms with Gasteiger partial charge in [-0.15, -0.1) is 0 Å². The van der Waals surface area contributed by atoms with Crippen molar-refractivity contribution >= 4 is 0 Å². The monoisotopic (exact) mass is 296 g/mol. The zero-order valence-corrected chi connectivity index (χ0v) is 12.8. The van der Waals surface area contributed by atoms with Crippen LogP contribution in [0.1, 0.15) is 57.1 Å². The van der Waals surface area contributed by atoms with Crippen molar-refractivity contribution in [3.63, 3.8) is 0 Å². The van der Waals surface area contributed by atoms with Gasteiger partial charge in [0.25, 0.3) is 0 Å². The molecule has 1 aliphatic carbocycles. The van der Waals surface area contributed by atoms with E-state index in [2.05, 4.69) is 11.8 Å². The van der Waals surface area contributed by atoms with Gasteiger partial charge in [0.05, 0.1) is 0 Å². The Morgan fingerprint density at radius 1 is 1.24 bits per heavy atom. The van der Waals surface area contributed by atoms with E-state index in [4.69, 9.17) is 5.73 Å². The first kappa shape index (κ1) is 16.4. The van der Waals surface area contributed by atoms with Gasteiger partial charge in [-0.2, -0.15) is 0 Å². The molecule has 0 saturated heterocycles. The van der Waals surface area contributed by atoms with E-state index in [1.165, 1.54) is 38.2 Å². The third-order valence-corrected chi connectivity index (χ3v) is 4.61. The highest BCUT2D eigenvalue weighted by Gasteiger charge is 2.21. The van der Waals surface area contributed by atoms with Crippen molar-refractivity contribution in [1.29, 1.82) is 0 Å². The van der Waals surface area contributed by atoms with Crippen LogP contribution in [0.5, 0.6) is 0 Å². The first-order chi connectivity index (χ1) is 10.1. The van der Waals surface area contributed by atoms with Crippen LogP contribution < -0.4 is 5.73 Å². The van der Waals surface area contributed by atoms with E-state index in [0.717, 1.165) is 19.2 Å². The Hall–Kier alpha value is -1.00. The van der Waals surface area contributed by atoms with Crippen molar-refractivity contribution in [1.82, 2.24) is 4.90 Å². The van der Waals surface area contributed by atoms with Crippen LogP contribution in [0.3, 0.4) is 0 Å². The minimum atomic E-state index is -0.817. The average molecular weight is 296 g/mol. The number of nitrogens with zero attached hydrogens (tertiary/aromatic N) is 1. The predicted molar refractivity (Wildman–Crippen MR) is 82.0 cm³/mol. The molecule has 0 bridgehead atoms. The van der Waals surface area contributed by atoms with E-state index in [0.29, 0.717) is 12.5 Å². The van der Waals surface area contributed by atoms with Gasteiger partial charge in [-0.05, 0) is 31.9 Å². The number of halogens is 2. The molecule has 1 aliphatic rings. The van der Waals surface area contributed by atoms with Gasteiger partial charge in [0.15, 0.2) is 11.6 Å². The second-order valence-corrected chi connectivity index (χ2v) is 5.96. The number of benzene rings is 1. The largest absolute Gasteiger partial charge is 0.324 e. The lowest BCUT2D eigenvalue weighted by Gasteiger charge is -2.34. The smallest absolute Gasteiger partial charge is 0.163 e. The summed E-state index contributed by atoms with van der Waals surface area (Å²) >= 11 is 0. The van der Waals surface area contributed by atoms with Crippen LogP contribution >= 0.6 is 0 Å². The summed E-state index contributed by atoms with van der Waals surface area (Å²) in [5, 5.41) is 0. The SMILES string of the molecule is CCN(CCC(N)c1cccc(F)c1F)C1CCCCC1. The van der Waals surface area contributed by atoms with E-state index >= 15 is 0 Å². The highest BCUT2D eigenvalue weighted by Crippen LogP contribution is 2.25. The molecule has 2 rings (SSSR count). The molecule has 0 aliphatic heterocycles. The summed E-state index contributed by atoms with van der Waals surface area (Å²) in [7, 11) is 0. The van der Waals surface area contributed by atoms with Crippen molar-refractivity contribution in [3.05, 3.63) is 35.4 Å².